The van der Waals surface area contributed by atoms with Gasteiger partial charge in [0.2, 0.25) is 0 Å². The van der Waals surface area contributed by atoms with Gasteiger partial charge in [-0.25, -0.2) is 0 Å². The van der Waals surface area contributed by atoms with Gasteiger partial charge >= 0.3 is 0 Å². The predicted octanol–water partition coefficient (Wildman–Crippen LogP) is 3.43. The first-order chi connectivity index (χ1) is 10.0. The van der Waals surface area contributed by atoms with Crippen LogP contribution in [0.3, 0.4) is 0 Å². The van der Waals surface area contributed by atoms with E-state index in [1.165, 1.54) is 11.3 Å². The molecule has 1 aromatic heterocycles. The summed E-state index contributed by atoms with van der Waals surface area (Å²) in [6.45, 7) is 2.71. The summed E-state index contributed by atoms with van der Waals surface area (Å²) >= 11 is 7.37. The quantitative estimate of drug-likeness (QED) is 0.889. The molecule has 1 saturated heterocycles. The molecule has 0 bridgehead atoms. The lowest BCUT2D eigenvalue weighted by atomic mass is 10.0. The van der Waals surface area contributed by atoms with Crippen LogP contribution in [0.2, 0.25) is 5.02 Å². The molecule has 2 unspecified atom stereocenters. The van der Waals surface area contributed by atoms with Crippen molar-refractivity contribution < 1.29 is 9.53 Å². The van der Waals surface area contributed by atoms with Crippen LogP contribution in [0.15, 0.2) is 18.2 Å². The molecular formula is C15H17ClN2O2S. The van der Waals surface area contributed by atoms with Gasteiger partial charge in [-0.15, -0.1) is 11.3 Å². The lowest BCUT2D eigenvalue weighted by Gasteiger charge is -2.27. The topological polar surface area (TPSA) is 64.4 Å². The van der Waals surface area contributed by atoms with Crippen molar-refractivity contribution in [2.75, 3.05) is 12.3 Å². The van der Waals surface area contributed by atoms with Gasteiger partial charge in [0, 0.05) is 27.8 Å². The van der Waals surface area contributed by atoms with Crippen molar-refractivity contribution in [3.63, 3.8) is 0 Å². The van der Waals surface area contributed by atoms with Crippen molar-refractivity contribution in [1.29, 1.82) is 0 Å². The first kappa shape index (κ1) is 14.6. The zero-order valence-electron chi connectivity index (χ0n) is 11.7. The summed E-state index contributed by atoms with van der Waals surface area (Å²) < 4.78 is 6.43. The summed E-state index contributed by atoms with van der Waals surface area (Å²) in [6, 6.07) is 5.63. The van der Waals surface area contributed by atoms with E-state index in [0.29, 0.717) is 22.2 Å². The minimum absolute atomic E-state index is 0.107. The number of amides is 1. The van der Waals surface area contributed by atoms with Gasteiger partial charge < -0.3 is 15.8 Å². The molecule has 1 aromatic carbocycles. The number of carbonyl (C=O) groups excluding carboxylic acids is 1. The van der Waals surface area contributed by atoms with Gasteiger partial charge in [0.1, 0.15) is 4.88 Å². The number of hydrogen-bond acceptors (Lipinski definition) is 4. The van der Waals surface area contributed by atoms with Crippen LogP contribution in [-0.4, -0.2) is 24.7 Å². The number of nitrogens with one attached hydrogen (secondary N) is 1. The van der Waals surface area contributed by atoms with Crippen LogP contribution in [-0.2, 0) is 4.74 Å². The second-order valence-corrected chi connectivity index (χ2v) is 6.85. The second-order valence-electron chi connectivity index (χ2n) is 5.36. The molecule has 21 heavy (non-hydrogen) atoms. The monoisotopic (exact) mass is 324 g/mol. The van der Waals surface area contributed by atoms with E-state index in [4.69, 9.17) is 22.1 Å². The van der Waals surface area contributed by atoms with E-state index in [-0.39, 0.29) is 18.1 Å². The largest absolute Gasteiger partial charge is 0.397 e. The highest BCUT2D eigenvalue weighted by molar-refractivity contribution is 7.21. The summed E-state index contributed by atoms with van der Waals surface area (Å²) in [4.78, 5) is 13.0. The molecule has 3 rings (SSSR count). The van der Waals surface area contributed by atoms with Crippen molar-refractivity contribution in [2.45, 2.75) is 31.9 Å². The molecule has 112 valence electrons. The van der Waals surface area contributed by atoms with Crippen LogP contribution in [0, 0.1) is 0 Å². The number of anilines is 1. The molecule has 4 nitrogen and oxygen atoms in total. The van der Waals surface area contributed by atoms with Crippen molar-refractivity contribution in [3.8, 4) is 0 Å². The average Bonchev–Trinajstić information content (AvgIpc) is 2.75. The number of halogens is 1. The van der Waals surface area contributed by atoms with Crippen molar-refractivity contribution in [2.24, 2.45) is 0 Å². The third kappa shape index (κ3) is 3.00. The Balaban J connectivity index is 1.82. The molecule has 6 heteroatoms. The molecule has 2 aromatic rings. The van der Waals surface area contributed by atoms with Crippen molar-refractivity contribution in [3.05, 3.63) is 28.1 Å². The van der Waals surface area contributed by atoms with E-state index in [0.717, 1.165) is 22.9 Å². The number of fused-ring (bicyclic) bond motifs is 1. The first-order valence-electron chi connectivity index (χ1n) is 6.94. The smallest absolute Gasteiger partial charge is 0.263 e. The SMILES string of the molecule is CC1CC(NC(=O)c2sc3cc(Cl)ccc3c2N)CCO1. The van der Waals surface area contributed by atoms with Crippen LogP contribution < -0.4 is 11.1 Å². The third-order valence-corrected chi connectivity index (χ3v) is 5.12. The van der Waals surface area contributed by atoms with Crippen molar-refractivity contribution in [1.82, 2.24) is 5.32 Å². The van der Waals surface area contributed by atoms with Crippen LogP contribution in [0.4, 0.5) is 5.69 Å². The van der Waals surface area contributed by atoms with E-state index in [1.807, 2.05) is 19.1 Å². The third-order valence-electron chi connectivity index (χ3n) is 3.72. The van der Waals surface area contributed by atoms with E-state index in [2.05, 4.69) is 5.32 Å². The fourth-order valence-corrected chi connectivity index (χ4v) is 3.94. The molecule has 0 radical (unpaired) electrons. The number of thiophene rings is 1. The molecule has 2 heterocycles. The maximum absolute atomic E-state index is 12.4. The maximum Gasteiger partial charge on any atom is 0.263 e. The fourth-order valence-electron chi connectivity index (χ4n) is 2.64. The first-order valence-corrected chi connectivity index (χ1v) is 8.14. The average molecular weight is 325 g/mol. The zero-order valence-corrected chi connectivity index (χ0v) is 13.3. The Bertz CT molecular complexity index is 686. The van der Waals surface area contributed by atoms with E-state index < -0.39 is 0 Å². The van der Waals surface area contributed by atoms with E-state index >= 15 is 0 Å². The van der Waals surface area contributed by atoms with Gasteiger partial charge in [-0.05, 0) is 38.0 Å². The van der Waals surface area contributed by atoms with Gasteiger partial charge in [0.05, 0.1) is 11.8 Å². The highest BCUT2D eigenvalue weighted by atomic mass is 35.5. The summed E-state index contributed by atoms with van der Waals surface area (Å²) in [5.41, 5.74) is 6.64. The summed E-state index contributed by atoms with van der Waals surface area (Å²) in [5, 5.41) is 4.59. The standard InChI is InChI=1S/C15H17ClN2O2S/c1-8-6-10(4-5-20-8)18-15(19)14-13(17)11-3-2-9(16)7-12(11)21-14/h2-3,7-8,10H,4-6,17H2,1H3,(H,18,19). The van der Waals surface area contributed by atoms with Crippen molar-refractivity contribution >= 4 is 44.6 Å². The highest BCUT2D eigenvalue weighted by Gasteiger charge is 2.23. The van der Waals surface area contributed by atoms with Gasteiger partial charge in [-0.2, -0.15) is 0 Å². The van der Waals surface area contributed by atoms with Gasteiger partial charge in [0.15, 0.2) is 0 Å². The Morgan fingerprint density at radius 1 is 1.52 bits per heavy atom. The normalized spacial score (nSPS) is 22.4. The van der Waals surface area contributed by atoms with E-state index in [9.17, 15) is 4.79 Å². The number of nitrogens with two attached hydrogens (primary N) is 1. The van der Waals surface area contributed by atoms with Crippen LogP contribution in [0.1, 0.15) is 29.4 Å². The molecule has 1 aliphatic heterocycles. The molecule has 0 aliphatic carbocycles. The molecule has 1 amide bonds. The summed E-state index contributed by atoms with van der Waals surface area (Å²) in [7, 11) is 0. The number of rotatable bonds is 2. The number of hydrogen-bond donors (Lipinski definition) is 2. The molecule has 2 atom stereocenters. The molecule has 0 spiro atoms. The molecule has 1 aliphatic rings. The van der Waals surface area contributed by atoms with Gasteiger partial charge in [-0.1, -0.05) is 11.6 Å². The summed E-state index contributed by atoms with van der Waals surface area (Å²) in [5.74, 6) is -0.107. The number of carbonyl (C=O) groups is 1. The minimum atomic E-state index is -0.107. The molecular weight excluding hydrogens is 308 g/mol. The van der Waals surface area contributed by atoms with Gasteiger partial charge in [0.25, 0.3) is 5.91 Å². The Morgan fingerprint density at radius 3 is 3.10 bits per heavy atom. The number of nitrogen functional groups attached to an aromatic ring is 1. The van der Waals surface area contributed by atoms with Crippen LogP contribution in [0.25, 0.3) is 10.1 Å². The molecule has 3 N–H and O–H groups in total. The Kier molecular flexibility index (Phi) is 4.06. The predicted molar refractivity (Wildman–Crippen MR) is 87.1 cm³/mol. The zero-order chi connectivity index (χ0) is 15.0. The molecule has 0 saturated carbocycles. The number of ether oxygens (including phenoxy) is 1. The minimum Gasteiger partial charge on any atom is -0.397 e. The van der Waals surface area contributed by atoms with Gasteiger partial charge in [-0.3, -0.25) is 4.79 Å². The van der Waals surface area contributed by atoms with Crippen LogP contribution >= 0.6 is 22.9 Å². The van der Waals surface area contributed by atoms with E-state index in [1.54, 1.807) is 6.07 Å². The maximum atomic E-state index is 12.4. The second kappa shape index (κ2) is 5.83. The number of benzene rings is 1. The Hall–Kier alpha value is -1.30. The fraction of sp³-hybridized carbons (Fsp3) is 0.400. The highest BCUT2D eigenvalue weighted by Crippen LogP contribution is 2.35. The Morgan fingerprint density at radius 2 is 2.33 bits per heavy atom. The Labute approximate surface area is 132 Å². The van der Waals surface area contributed by atoms with Crippen LogP contribution in [0.5, 0.6) is 0 Å². The lowest BCUT2D eigenvalue weighted by molar-refractivity contribution is 0.0137. The lowest BCUT2D eigenvalue weighted by Crippen LogP contribution is -2.41. The summed E-state index contributed by atoms with van der Waals surface area (Å²) in [6.07, 6.45) is 1.86. The molecule has 1 fully saturated rings.